The smallest absolute Gasteiger partial charge is 0.275 e. The van der Waals surface area contributed by atoms with Gasteiger partial charge in [0.25, 0.3) is 5.91 Å². The van der Waals surface area contributed by atoms with Gasteiger partial charge in [0.15, 0.2) is 11.5 Å². The highest BCUT2D eigenvalue weighted by molar-refractivity contribution is 6.02. The summed E-state index contributed by atoms with van der Waals surface area (Å²) < 4.78 is 15.7. The molecular formula is C18H20FN7O. The van der Waals surface area contributed by atoms with Crippen LogP contribution in [0.4, 0.5) is 15.9 Å². The van der Waals surface area contributed by atoms with Crippen molar-refractivity contribution in [1.29, 1.82) is 0 Å². The van der Waals surface area contributed by atoms with Gasteiger partial charge in [-0.2, -0.15) is 0 Å². The van der Waals surface area contributed by atoms with E-state index in [9.17, 15) is 9.18 Å². The second kappa shape index (κ2) is 6.92. The summed E-state index contributed by atoms with van der Waals surface area (Å²) >= 11 is 0. The van der Waals surface area contributed by atoms with Crippen molar-refractivity contribution in [3.63, 3.8) is 0 Å². The number of hydrogen-bond donors (Lipinski definition) is 2. The van der Waals surface area contributed by atoms with Crippen molar-refractivity contribution in [1.82, 2.24) is 24.7 Å². The summed E-state index contributed by atoms with van der Waals surface area (Å²) in [6.07, 6.45) is 7.35. The summed E-state index contributed by atoms with van der Waals surface area (Å²) in [4.78, 5) is 27.1. The molecule has 0 aliphatic carbocycles. The lowest BCUT2D eigenvalue weighted by atomic mass is 10.2. The summed E-state index contributed by atoms with van der Waals surface area (Å²) in [5, 5.41) is 5.96. The predicted molar refractivity (Wildman–Crippen MR) is 99.5 cm³/mol. The average molecular weight is 369 g/mol. The fraction of sp³-hybridized carbons (Fsp3) is 0.333. The van der Waals surface area contributed by atoms with Crippen molar-refractivity contribution in [3.05, 3.63) is 48.1 Å². The highest BCUT2D eigenvalue weighted by Gasteiger charge is 2.21. The number of pyridine rings is 1. The molecule has 1 fully saturated rings. The van der Waals surface area contributed by atoms with Gasteiger partial charge in [0.2, 0.25) is 0 Å². The molecule has 0 saturated carbocycles. The number of rotatable bonds is 4. The molecule has 0 bridgehead atoms. The third-order valence-electron chi connectivity index (χ3n) is 4.70. The zero-order valence-corrected chi connectivity index (χ0v) is 15.1. The number of halogens is 1. The Morgan fingerprint density at radius 1 is 1.37 bits per heavy atom. The molecule has 8 nitrogen and oxygen atoms in total. The standard InChI is InChI=1S/C18H20FN7O/c1-11-9-26-10-12(5-14(19)17(26)23-11)24-18(27)15-7-22-16(8-21-15)25(2)13-3-4-20-6-13/h5,7-10,13,20H,3-4,6H2,1-2H3,(H,24,27). The topological polar surface area (TPSA) is 87.5 Å². The third kappa shape index (κ3) is 3.45. The van der Waals surface area contributed by atoms with Crippen molar-refractivity contribution < 1.29 is 9.18 Å². The molecule has 4 heterocycles. The van der Waals surface area contributed by atoms with E-state index in [1.807, 2.05) is 7.05 Å². The Balaban J connectivity index is 1.49. The Morgan fingerprint density at radius 3 is 2.93 bits per heavy atom. The molecule has 1 unspecified atom stereocenters. The van der Waals surface area contributed by atoms with Gasteiger partial charge in [-0.1, -0.05) is 0 Å². The van der Waals surface area contributed by atoms with E-state index in [2.05, 4.69) is 30.5 Å². The van der Waals surface area contributed by atoms with Crippen LogP contribution in [0.2, 0.25) is 0 Å². The minimum Gasteiger partial charge on any atom is -0.354 e. The molecule has 1 saturated heterocycles. The van der Waals surface area contributed by atoms with Gasteiger partial charge >= 0.3 is 0 Å². The Labute approximate surface area is 155 Å². The van der Waals surface area contributed by atoms with Crippen LogP contribution in [-0.2, 0) is 0 Å². The minimum absolute atomic E-state index is 0.166. The molecule has 27 heavy (non-hydrogen) atoms. The van der Waals surface area contributed by atoms with E-state index in [0.29, 0.717) is 23.2 Å². The number of imidazole rings is 1. The second-order valence-electron chi connectivity index (χ2n) is 6.66. The van der Waals surface area contributed by atoms with E-state index >= 15 is 0 Å². The van der Waals surface area contributed by atoms with Crippen LogP contribution in [0.5, 0.6) is 0 Å². The number of nitrogens with one attached hydrogen (secondary N) is 2. The first-order chi connectivity index (χ1) is 13.0. The fourth-order valence-corrected chi connectivity index (χ4v) is 3.22. The van der Waals surface area contributed by atoms with Crippen LogP contribution in [0.3, 0.4) is 0 Å². The number of aryl methyl sites for hydroxylation is 1. The zero-order valence-electron chi connectivity index (χ0n) is 15.1. The van der Waals surface area contributed by atoms with E-state index in [4.69, 9.17) is 0 Å². The quantitative estimate of drug-likeness (QED) is 0.727. The number of fused-ring (bicyclic) bond motifs is 1. The molecule has 1 aliphatic rings. The van der Waals surface area contributed by atoms with Crippen LogP contribution in [0, 0.1) is 12.7 Å². The Kier molecular flexibility index (Phi) is 4.44. The molecule has 0 radical (unpaired) electrons. The maximum Gasteiger partial charge on any atom is 0.275 e. The van der Waals surface area contributed by atoms with Crippen LogP contribution in [0.1, 0.15) is 22.6 Å². The average Bonchev–Trinajstić information content (AvgIpc) is 3.30. The molecule has 3 aromatic rings. The number of aromatic nitrogens is 4. The molecule has 140 valence electrons. The first kappa shape index (κ1) is 17.3. The molecule has 4 rings (SSSR count). The van der Waals surface area contributed by atoms with Gasteiger partial charge in [0.05, 0.1) is 23.8 Å². The Bertz CT molecular complexity index is 979. The SMILES string of the molecule is Cc1cn2cc(NC(=O)c3cnc(N(C)C4CCNC4)cn3)cc(F)c2n1. The molecule has 2 N–H and O–H groups in total. The number of amides is 1. The lowest BCUT2D eigenvalue weighted by Gasteiger charge is -2.24. The number of carbonyl (C=O) groups excluding carboxylic acids is 1. The molecule has 0 aromatic carbocycles. The van der Waals surface area contributed by atoms with Gasteiger partial charge in [0.1, 0.15) is 11.5 Å². The number of nitrogens with zero attached hydrogens (tertiary/aromatic N) is 5. The lowest BCUT2D eigenvalue weighted by molar-refractivity contribution is 0.102. The van der Waals surface area contributed by atoms with Crippen LogP contribution >= 0.6 is 0 Å². The zero-order chi connectivity index (χ0) is 19.0. The third-order valence-corrected chi connectivity index (χ3v) is 4.70. The van der Waals surface area contributed by atoms with E-state index in [-0.39, 0.29) is 11.3 Å². The normalized spacial score (nSPS) is 16.6. The summed E-state index contributed by atoms with van der Waals surface area (Å²) in [5.74, 6) is -0.245. The lowest BCUT2D eigenvalue weighted by Crippen LogP contribution is -2.34. The van der Waals surface area contributed by atoms with Crippen LogP contribution in [0.25, 0.3) is 5.65 Å². The van der Waals surface area contributed by atoms with Gasteiger partial charge < -0.3 is 19.9 Å². The molecule has 1 amide bonds. The summed E-state index contributed by atoms with van der Waals surface area (Å²) in [6, 6.07) is 1.61. The highest BCUT2D eigenvalue weighted by Crippen LogP contribution is 2.18. The van der Waals surface area contributed by atoms with Gasteiger partial charge in [-0.05, 0) is 19.9 Å². The van der Waals surface area contributed by atoms with Gasteiger partial charge in [-0.15, -0.1) is 0 Å². The van der Waals surface area contributed by atoms with E-state index in [1.165, 1.54) is 12.3 Å². The number of hydrogen-bond acceptors (Lipinski definition) is 6. The van der Waals surface area contributed by atoms with Crippen LogP contribution in [0.15, 0.2) is 30.9 Å². The van der Waals surface area contributed by atoms with E-state index in [1.54, 1.807) is 29.9 Å². The predicted octanol–water partition coefficient (Wildman–Crippen LogP) is 1.62. The van der Waals surface area contributed by atoms with Crippen LogP contribution in [-0.4, -0.2) is 51.4 Å². The molecular weight excluding hydrogens is 349 g/mol. The fourth-order valence-electron chi connectivity index (χ4n) is 3.22. The first-order valence-electron chi connectivity index (χ1n) is 8.73. The van der Waals surface area contributed by atoms with E-state index in [0.717, 1.165) is 19.5 Å². The maximum absolute atomic E-state index is 14.1. The Hall–Kier alpha value is -3.07. The highest BCUT2D eigenvalue weighted by atomic mass is 19.1. The van der Waals surface area contributed by atoms with Crippen molar-refractivity contribution in [2.24, 2.45) is 0 Å². The number of carbonyl (C=O) groups is 1. The monoisotopic (exact) mass is 369 g/mol. The summed E-state index contributed by atoms with van der Waals surface area (Å²) in [7, 11) is 1.96. The molecule has 0 spiro atoms. The first-order valence-corrected chi connectivity index (χ1v) is 8.73. The van der Waals surface area contributed by atoms with Crippen molar-refractivity contribution in [2.75, 3.05) is 30.4 Å². The molecule has 1 aliphatic heterocycles. The van der Waals surface area contributed by atoms with Crippen molar-refractivity contribution >= 4 is 23.1 Å². The van der Waals surface area contributed by atoms with Gasteiger partial charge in [-0.25, -0.2) is 19.3 Å². The van der Waals surface area contributed by atoms with Crippen LogP contribution < -0.4 is 15.5 Å². The van der Waals surface area contributed by atoms with E-state index < -0.39 is 11.7 Å². The molecule has 9 heteroatoms. The molecule has 1 atom stereocenters. The second-order valence-corrected chi connectivity index (χ2v) is 6.66. The van der Waals surface area contributed by atoms with Gasteiger partial charge in [0, 0.05) is 38.1 Å². The minimum atomic E-state index is -0.505. The number of likely N-dealkylation sites (N-methyl/N-ethyl adjacent to an activating group) is 1. The summed E-state index contributed by atoms with van der Waals surface area (Å²) in [6.45, 7) is 3.67. The van der Waals surface area contributed by atoms with Crippen molar-refractivity contribution in [2.45, 2.75) is 19.4 Å². The number of anilines is 2. The van der Waals surface area contributed by atoms with Crippen molar-refractivity contribution in [3.8, 4) is 0 Å². The maximum atomic E-state index is 14.1. The largest absolute Gasteiger partial charge is 0.354 e. The Morgan fingerprint density at radius 2 is 2.22 bits per heavy atom. The molecule has 3 aromatic heterocycles. The summed E-state index contributed by atoms with van der Waals surface area (Å²) in [5.41, 5.74) is 1.40. The van der Waals surface area contributed by atoms with Gasteiger partial charge in [-0.3, -0.25) is 4.79 Å².